The Balaban J connectivity index is 1.94. The van der Waals surface area contributed by atoms with Gasteiger partial charge in [0.05, 0.1) is 11.8 Å². The molecule has 0 fully saturated rings. The summed E-state index contributed by atoms with van der Waals surface area (Å²) in [5.74, 6) is -1.03. The van der Waals surface area contributed by atoms with Crippen LogP contribution < -0.4 is 5.32 Å². The Morgan fingerprint density at radius 1 is 1.17 bits per heavy atom. The molecule has 92 valence electrons. The van der Waals surface area contributed by atoms with E-state index in [1.165, 1.54) is 18.4 Å². The van der Waals surface area contributed by atoms with Crippen molar-refractivity contribution < 1.29 is 19.1 Å². The van der Waals surface area contributed by atoms with Gasteiger partial charge in [-0.25, -0.2) is 4.79 Å². The first kappa shape index (κ1) is 11.9. The molecule has 1 heterocycles. The smallest absolute Gasteiger partial charge is 0.335 e. The Morgan fingerprint density at radius 3 is 2.44 bits per heavy atom. The van der Waals surface area contributed by atoms with Crippen molar-refractivity contribution in [2.75, 3.05) is 0 Å². The zero-order valence-electron chi connectivity index (χ0n) is 9.42. The Bertz CT molecular complexity index is 543. The van der Waals surface area contributed by atoms with Crippen LogP contribution in [0.4, 0.5) is 0 Å². The predicted molar refractivity (Wildman–Crippen MR) is 63.3 cm³/mol. The highest BCUT2D eigenvalue weighted by Gasteiger charge is 2.07. The molecule has 18 heavy (non-hydrogen) atoms. The summed E-state index contributed by atoms with van der Waals surface area (Å²) in [7, 11) is 0. The SMILES string of the molecule is O=C(O)c1ccc(CNC(=O)c2ccco2)cc1. The molecule has 0 aliphatic heterocycles. The van der Waals surface area contributed by atoms with Crippen molar-refractivity contribution in [1.29, 1.82) is 0 Å². The minimum Gasteiger partial charge on any atom is -0.478 e. The second-order valence-electron chi connectivity index (χ2n) is 3.66. The second kappa shape index (κ2) is 5.18. The van der Waals surface area contributed by atoms with E-state index in [1.807, 2.05) is 0 Å². The third kappa shape index (κ3) is 2.76. The molecule has 0 saturated carbocycles. The maximum atomic E-state index is 11.6. The molecule has 2 rings (SSSR count). The molecule has 1 aromatic carbocycles. The van der Waals surface area contributed by atoms with Crippen molar-refractivity contribution in [1.82, 2.24) is 5.32 Å². The summed E-state index contributed by atoms with van der Waals surface area (Å²) in [4.78, 5) is 22.2. The molecule has 5 nitrogen and oxygen atoms in total. The zero-order chi connectivity index (χ0) is 13.0. The molecule has 0 unspecified atom stereocenters. The van der Waals surface area contributed by atoms with E-state index in [0.717, 1.165) is 5.56 Å². The molecule has 0 radical (unpaired) electrons. The lowest BCUT2D eigenvalue weighted by Crippen LogP contribution is -2.22. The van der Waals surface area contributed by atoms with Gasteiger partial charge in [0.2, 0.25) is 0 Å². The highest BCUT2D eigenvalue weighted by Crippen LogP contribution is 2.05. The van der Waals surface area contributed by atoms with E-state index in [1.54, 1.807) is 24.3 Å². The minimum atomic E-state index is -0.971. The van der Waals surface area contributed by atoms with Crippen LogP contribution in [0.25, 0.3) is 0 Å². The fraction of sp³-hybridized carbons (Fsp3) is 0.0769. The minimum absolute atomic E-state index is 0.219. The number of carboxylic acid groups (broad SMARTS) is 1. The fourth-order valence-electron chi connectivity index (χ4n) is 1.44. The van der Waals surface area contributed by atoms with Crippen LogP contribution in [0.2, 0.25) is 0 Å². The van der Waals surface area contributed by atoms with E-state index < -0.39 is 5.97 Å². The molecule has 0 aliphatic carbocycles. The lowest BCUT2D eigenvalue weighted by molar-refractivity contribution is 0.0696. The average molecular weight is 245 g/mol. The van der Waals surface area contributed by atoms with E-state index in [9.17, 15) is 9.59 Å². The van der Waals surface area contributed by atoms with Crippen LogP contribution in [0.15, 0.2) is 47.1 Å². The average Bonchev–Trinajstić information content (AvgIpc) is 2.90. The maximum absolute atomic E-state index is 11.6. The Morgan fingerprint density at radius 2 is 1.89 bits per heavy atom. The standard InChI is InChI=1S/C13H11NO4/c15-12(11-2-1-7-18-11)14-8-9-3-5-10(6-4-9)13(16)17/h1-7H,8H2,(H,14,15)(H,16,17). The van der Waals surface area contributed by atoms with Gasteiger partial charge < -0.3 is 14.8 Å². The molecule has 5 heteroatoms. The quantitative estimate of drug-likeness (QED) is 0.862. The Labute approximate surface area is 103 Å². The first-order valence-electron chi connectivity index (χ1n) is 5.31. The summed E-state index contributed by atoms with van der Waals surface area (Å²) in [5.41, 5.74) is 1.04. The number of amides is 1. The summed E-state index contributed by atoms with van der Waals surface area (Å²) >= 11 is 0. The fourth-order valence-corrected chi connectivity index (χ4v) is 1.44. The number of carbonyl (C=O) groups is 2. The number of furan rings is 1. The van der Waals surface area contributed by atoms with E-state index in [2.05, 4.69) is 5.32 Å². The topological polar surface area (TPSA) is 79.5 Å². The number of nitrogens with one attached hydrogen (secondary N) is 1. The Kier molecular flexibility index (Phi) is 3.43. The van der Waals surface area contributed by atoms with Gasteiger partial charge in [-0.2, -0.15) is 0 Å². The third-order valence-electron chi connectivity index (χ3n) is 2.40. The normalized spacial score (nSPS) is 10.0. The summed E-state index contributed by atoms with van der Waals surface area (Å²) < 4.78 is 4.94. The highest BCUT2D eigenvalue weighted by atomic mass is 16.4. The molecule has 1 amide bonds. The number of benzene rings is 1. The first-order valence-corrected chi connectivity index (χ1v) is 5.31. The molecule has 2 N–H and O–H groups in total. The van der Waals surface area contributed by atoms with Gasteiger partial charge in [-0.1, -0.05) is 12.1 Å². The first-order chi connectivity index (χ1) is 8.66. The maximum Gasteiger partial charge on any atom is 0.335 e. The second-order valence-corrected chi connectivity index (χ2v) is 3.66. The van der Waals surface area contributed by atoms with Gasteiger partial charge in [0, 0.05) is 6.54 Å². The molecular formula is C13H11NO4. The monoisotopic (exact) mass is 245 g/mol. The largest absolute Gasteiger partial charge is 0.478 e. The molecule has 0 aliphatic rings. The van der Waals surface area contributed by atoms with Gasteiger partial charge in [-0.15, -0.1) is 0 Å². The number of hydrogen-bond donors (Lipinski definition) is 2. The van der Waals surface area contributed by atoms with Crippen molar-refractivity contribution in [2.24, 2.45) is 0 Å². The van der Waals surface area contributed by atoms with Gasteiger partial charge in [0.15, 0.2) is 5.76 Å². The van der Waals surface area contributed by atoms with E-state index in [-0.39, 0.29) is 17.2 Å². The van der Waals surface area contributed by atoms with Crippen molar-refractivity contribution in [3.05, 3.63) is 59.5 Å². The van der Waals surface area contributed by atoms with Gasteiger partial charge >= 0.3 is 5.97 Å². The van der Waals surface area contributed by atoms with E-state index >= 15 is 0 Å². The molecule has 0 atom stereocenters. The number of carbonyl (C=O) groups excluding carboxylic acids is 1. The van der Waals surface area contributed by atoms with Crippen LogP contribution in [0.3, 0.4) is 0 Å². The van der Waals surface area contributed by atoms with E-state index in [0.29, 0.717) is 6.54 Å². The molecule has 0 spiro atoms. The summed E-state index contributed by atoms with van der Waals surface area (Å²) in [5, 5.41) is 11.4. The van der Waals surface area contributed by atoms with Gasteiger partial charge in [-0.3, -0.25) is 4.79 Å². The molecule has 0 saturated heterocycles. The van der Waals surface area contributed by atoms with Crippen LogP contribution >= 0.6 is 0 Å². The number of aromatic carboxylic acids is 1. The summed E-state index contributed by atoms with van der Waals surface area (Å²) in [6.07, 6.45) is 1.43. The number of rotatable bonds is 4. The highest BCUT2D eigenvalue weighted by molar-refractivity contribution is 5.91. The van der Waals surface area contributed by atoms with Gasteiger partial charge in [0.25, 0.3) is 5.91 Å². The van der Waals surface area contributed by atoms with Crippen LogP contribution in [-0.2, 0) is 6.54 Å². The van der Waals surface area contributed by atoms with Crippen LogP contribution in [-0.4, -0.2) is 17.0 Å². The summed E-state index contributed by atoms with van der Waals surface area (Å²) in [6.45, 7) is 0.319. The van der Waals surface area contributed by atoms with Crippen molar-refractivity contribution in [3.63, 3.8) is 0 Å². The third-order valence-corrected chi connectivity index (χ3v) is 2.40. The van der Waals surface area contributed by atoms with Crippen LogP contribution in [0.5, 0.6) is 0 Å². The zero-order valence-corrected chi connectivity index (χ0v) is 9.42. The van der Waals surface area contributed by atoms with Crippen molar-refractivity contribution >= 4 is 11.9 Å². The summed E-state index contributed by atoms with van der Waals surface area (Å²) in [6, 6.07) is 9.52. The molecule has 0 bridgehead atoms. The van der Waals surface area contributed by atoms with Crippen LogP contribution in [0, 0.1) is 0 Å². The van der Waals surface area contributed by atoms with E-state index in [4.69, 9.17) is 9.52 Å². The number of carboxylic acids is 1. The molecular weight excluding hydrogens is 234 g/mol. The lowest BCUT2D eigenvalue weighted by atomic mass is 10.1. The van der Waals surface area contributed by atoms with Crippen LogP contribution in [0.1, 0.15) is 26.5 Å². The molecule has 2 aromatic rings. The molecule has 1 aromatic heterocycles. The van der Waals surface area contributed by atoms with Gasteiger partial charge in [-0.05, 0) is 29.8 Å². The predicted octanol–water partition coefficient (Wildman–Crippen LogP) is 1.91. The Hall–Kier alpha value is -2.56. The number of hydrogen-bond acceptors (Lipinski definition) is 3. The van der Waals surface area contributed by atoms with Crippen molar-refractivity contribution in [2.45, 2.75) is 6.54 Å². The lowest BCUT2D eigenvalue weighted by Gasteiger charge is -2.03. The van der Waals surface area contributed by atoms with Gasteiger partial charge in [0.1, 0.15) is 0 Å². The van der Waals surface area contributed by atoms with Crippen molar-refractivity contribution in [3.8, 4) is 0 Å².